The van der Waals surface area contributed by atoms with Gasteiger partial charge in [-0.3, -0.25) is 19.2 Å². The number of aliphatic carboxylic acids is 1. The van der Waals surface area contributed by atoms with Gasteiger partial charge in [-0.15, -0.1) is 0 Å². The predicted octanol–water partition coefficient (Wildman–Crippen LogP) is 3.66. The number of fused-ring (bicyclic) bond motifs is 3. The number of carboxylic acids is 1. The van der Waals surface area contributed by atoms with Crippen LogP contribution >= 0.6 is 0 Å². The largest absolute Gasteiger partial charge is 0.481 e. The molecule has 3 rings (SSSR count). The molecule has 1 amide bonds. The minimum Gasteiger partial charge on any atom is -0.481 e. The van der Waals surface area contributed by atoms with E-state index in [2.05, 4.69) is 5.32 Å². The normalized spacial score (nSPS) is 13.7. The van der Waals surface area contributed by atoms with Gasteiger partial charge >= 0.3 is 11.9 Å². The van der Waals surface area contributed by atoms with Gasteiger partial charge in [0.05, 0.1) is 18.4 Å². The van der Waals surface area contributed by atoms with Crippen molar-refractivity contribution in [2.75, 3.05) is 6.61 Å². The van der Waals surface area contributed by atoms with Crippen molar-refractivity contribution in [3.05, 3.63) is 59.7 Å². The lowest BCUT2D eigenvalue weighted by atomic mass is 9.97. The number of nitrogens with one attached hydrogen (secondary N) is 1. The van der Waals surface area contributed by atoms with Gasteiger partial charge in [-0.25, -0.2) is 0 Å². The van der Waals surface area contributed by atoms with Crippen molar-refractivity contribution in [3.63, 3.8) is 0 Å². The fourth-order valence-electron chi connectivity index (χ4n) is 4.49. The van der Waals surface area contributed by atoms with Crippen LogP contribution in [0.1, 0.15) is 63.0 Å². The Morgan fingerprint density at radius 1 is 0.889 bits per heavy atom. The molecule has 8 nitrogen and oxygen atoms in total. The maximum Gasteiger partial charge on any atom is 0.307 e. The van der Waals surface area contributed by atoms with Crippen molar-refractivity contribution < 1.29 is 33.8 Å². The summed E-state index contributed by atoms with van der Waals surface area (Å²) in [5, 5.41) is 12.1. The Bertz CT molecular complexity index is 1110. The highest BCUT2D eigenvalue weighted by Gasteiger charge is 2.30. The van der Waals surface area contributed by atoms with E-state index in [1.165, 1.54) is 13.8 Å². The highest BCUT2D eigenvalue weighted by Crippen LogP contribution is 2.44. The number of esters is 1. The molecule has 1 aliphatic rings. The van der Waals surface area contributed by atoms with Gasteiger partial charge in [0.15, 0.2) is 5.78 Å². The van der Waals surface area contributed by atoms with E-state index < -0.39 is 29.8 Å². The van der Waals surface area contributed by atoms with Crippen LogP contribution in [0.15, 0.2) is 48.5 Å². The van der Waals surface area contributed by atoms with Crippen molar-refractivity contribution in [2.45, 2.75) is 57.9 Å². The first-order valence-electron chi connectivity index (χ1n) is 12.0. The summed E-state index contributed by atoms with van der Waals surface area (Å²) in [6, 6.07) is 15.0. The van der Waals surface area contributed by atoms with Crippen LogP contribution in [0.5, 0.6) is 0 Å². The van der Waals surface area contributed by atoms with Crippen LogP contribution < -0.4 is 5.32 Å². The highest BCUT2D eigenvalue weighted by atomic mass is 16.5. The zero-order chi connectivity index (χ0) is 26.2. The standard InChI is InChI=1S/C28H31NO7/c1-17(30)11-13-25(18(2)31)29-26(32)14-12-19(28(34)35)15-27(33)36-16-24-22-9-5-3-7-20(22)21-8-4-6-10-23(21)24/h3-10,19,24-25H,11-16H2,1-2H3,(H,29,32)(H,34,35). The molecule has 2 unspecified atom stereocenters. The van der Waals surface area contributed by atoms with Gasteiger partial charge in [-0.1, -0.05) is 48.5 Å². The van der Waals surface area contributed by atoms with E-state index in [0.717, 1.165) is 22.3 Å². The van der Waals surface area contributed by atoms with Crippen molar-refractivity contribution in [1.29, 1.82) is 0 Å². The van der Waals surface area contributed by atoms with E-state index in [0.29, 0.717) is 0 Å². The molecule has 0 radical (unpaired) electrons. The molecule has 0 bridgehead atoms. The Labute approximate surface area is 210 Å². The Morgan fingerprint density at radius 2 is 1.47 bits per heavy atom. The minimum absolute atomic E-state index is 0.0807. The molecule has 2 aromatic carbocycles. The Morgan fingerprint density at radius 3 is 2.00 bits per heavy atom. The minimum atomic E-state index is -1.20. The molecule has 2 aromatic rings. The lowest BCUT2D eigenvalue weighted by molar-refractivity contribution is -0.152. The Kier molecular flexibility index (Phi) is 9.11. The van der Waals surface area contributed by atoms with Gasteiger partial charge in [-0.2, -0.15) is 0 Å². The molecule has 0 saturated carbocycles. The van der Waals surface area contributed by atoms with Crippen LogP contribution in [0.3, 0.4) is 0 Å². The van der Waals surface area contributed by atoms with Crippen molar-refractivity contribution in [1.82, 2.24) is 5.32 Å². The number of hydrogen-bond acceptors (Lipinski definition) is 6. The highest BCUT2D eigenvalue weighted by molar-refractivity contribution is 5.88. The molecule has 0 saturated heterocycles. The number of Topliss-reactive ketones (excluding diaryl/α,β-unsaturated/α-hetero) is 2. The van der Waals surface area contributed by atoms with Crippen molar-refractivity contribution >= 4 is 29.4 Å². The summed E-state index contributed by atoms with van der Waals surface area (Å²) in [5.41, 5.74) is 4.30. The molecule has 8 heteroatoms. The van der Waals surface area contributed by atoms with Gasteiger partial charge < -0.3 is 20.0 Å². The quantitative estimate of drug-likeness (QED) is 0.408. The molecule has 0 heterocycles. The second kappa shape index (κ2) is 12.2. The van der Waals surface area contributed by atoms with Crippen LogP contribution in [0, 0.1) is 5.92 Å². The number of carbonyl (C=O) groups excluding carboxylic acids is 4. The first-order chi connectivity index (χ1) is 17.2. The Balaban J connectivity index is 1.53. The third-order valence-electron chi connectivity index (χ3n) is 6.47. The summed E-state index contributed by atoms with van der Waals surface area (Å²) < 4.78 is 5.50. The fraction of sp³-hybridized carbons (Fsp3) is 0.393. The van der Waals surface area contributed by atoms with Gasteiger partial charge in [-0.05, 0) is 48.9 Å². The lowest BCUT2D eigenvalue weighted by Crippen LogP contribution is -2.40. The van der Waals surface area contributed by atoms with Gasteiger partial charge in [0, 0.05) is 18.8 Å². The predicted molar refractivity (Wildman–Crippen MR) is 132 cm³/mol. The van der Waals surface area contributed by atoms with E-state index in [4.69, 9.17) is 4.74 Å². The van der Waals surface area contributed by atoms with Crippen molar-refractivity contribution in [2.24, 2.45) is 5.92 Å². The summed E-state index contributed by atoms with van der Waals surface area (Å²) in [4.78, 5) is 59.5. The van der Waals surface area contributed by atoms with Gasteiger partial charge in [0.1, 0.15) is 12.4 Å². The molecular weight excluding hydrogens is 462 g/mol. The molecule has 190 valence electrons. The zero-order valence-corrected chi connectivity index (χ0v) is 20.5. The molecule has 0 spiro atoms. The van der Waals surface area contributed by atoms with Crippen LogP contribution in [0.4, 0.5) is 0 Å². The number of amides is 1. The van der Waals surface area contributed by atoms with E-state index in [-0.39, 0.29) is 56.2 Å². The van der Waals surface area contributed by atoms with E-state index in [9.17, 15) is 29.1 Å². The number of benzene rings is 2. The summed E-state index contributed by atoms with van der Waals surface area (Å²) in [6.45, 7) is 2.82. The van der Waals surface area contributed by atoms with E-state index >= 15 is 0 Å². The third kappa shape index (κ3) is 6.87. The summed E-state index contributed by atoms with van der Waals surface area (Å²) in [6.07, 6.45) is -0.262. The summed E-state index contributed by atoms with van der Waals surface area (Å²) in [5.74, 6) is -3.95. The topological polar surface area (TPSA) is 127 Å². The zero-order valence-electron chi connectivity index (χ0n) is 20.5. The van der Waals surface area contributed by atoms with Crippen LogP contribution in [-0.4, -0.2) is 47.2 Å². The summed E-state index contributed by atoms with van der Waals surface area (Å²) in [7, 11) is 0. The SMILES string of the molecule is CC(=O)CCC(NC(=O)CCC(CC(=O)OCC1c2ccccc2-c2ccccc21)C(=O)O)C(C)=O. The maximum atomic E-state index is 12.5. The van der Waals surface area contributed by atoms with Gasteiger partial charge in [0.2, 0.25) is 5.91 Å². The van der Waals surface area contributed by atoms with Crippen molar-refractivity contribution in [3.8, 4) is 11.1 Å². The molecule has 1 aliphatic carbocycles. The number of carboxylic acid groups (broad SMARTS) is 1. The summed E-state index contributed by atoms with van der Waals surface area (Å²) >= 11 is 0. The van der Waals surface area contributed by atoms with Gasteiger partial charge in [0.25, 0.3) is 0 Å². The fourth-order valence-corrected chi connectivity index (χ4v) is 4.49. The van der Waals surface area contributed by atoms with Crippen LogP contribution in [0.25, 0.3) is 11.1 Å². The smallest absolute Gasteiger partial charge is 0.307 e. The maximum absolute atomic E-state index is 12.5. The molecule has 0 fully saturated rings. The first-order valence-corrected chi connectivity index (χ1v) is 12.0. The average Bonchev–Trinajstić information content (AvgIpc) is 3.16. The monoisotopic (exact) mass is 493 g/mol. The molecule has 36 heavy (non-hydrogen) atoms. The number of carbonyl (C=O) groups is 5. The average molecular weight is 494 g/mol. The Hall–Kier alpha value is -3.81. The number of ketones is 2. The number of rotatable bonds is 13. The van der Waals surface area contributed by atoms with Crippen LogP contribution in [-0.2, 0) is 28.7 Å². The van der Waals surface area contributed by atoms with E-state index in [1.54, 1.807) is 0 Å². The lowest BCUT2D eigenvalue weighted by Gasteiger charge is -2.17. The number of hydrogen-bond donors (Lipinski definition) is 2. The second-order valence-corrected chi connectivity index (χ2v) is 9.16. The number of ether oxygens (including phenoxy) is 1. The molecule has 2 N–H and O–H groups in total. The molecule has 2 atom stereocenters. The molecular formula is C28H31NO7. The molecule has 0 aromatic heterocycles. The van der Waals surface area contributed by atoms with E-state index in [1.807, 2.05) is 48.5 Å². The molecule has 0 aliphatic heterocycles. The second-order valence-electron chi connectivity index (χ2n) is 9.16. The van der Waals surface area contributed by atoms with Crippen LogP contribution in [0.2, 0.25) is 0 Å². The first kappa shape index (κ1) is 26.8. The third-order valence-corrected chi connectivity index (χ3v) is 6.47.